The Morgan fingerprint density at radius 3 is 1.68 bits per heavy atom. The van der Waals surface area contributed by atoms with Crippen molar-refractivity contribution in [2.75, 3.05) is 12.5 Å². The molecule has 100 valence electrons. The van der Waals surface area contributed by atoms with Crippen LogP contribution in [0.25, 0.3) is 0 Å². The van der Waals surface area contributed by atoms with Crippen LogP contribution < -0.4 is 9.13 Å². The van der Waals surface area contributed by atoms with Crippen molar-refractivity contribution >= 4 is 23.5 Å². The Labute approximate surface area is 123 Å². The first-order chi connectivity index (χ1) is 9.35. The standard InChI is InChI=1S/C15H20N2S2/c1-18-14-8-3-5-10-16(14)12-7-13-17-11-6-4-9-15(17)19-2/h3-6,8-11H,7,12-13H2,1-2H3/q+2. The molecule has 0 bridgehead atoms. The summed E-state index contributed by atoms with van der Waals surface area (Å²) in [6.45, 7) is 2.12. The van der Waals surface area contributed by atoms with Crippen LogP contribution in [0.3, 0.4) is 0 Å². The molecule has 0 aliphatic rings. The Hall–Kier alpha value is -1.000. The summed E-state index contributed by atoms with van der Waals surface area (Å²) in [5.74, 6) is 0. The summed E-state index contributed by atoms with van der Waals surface area (Å²) in [6.07, 6.45) is 9.73. The third-order valence-corrected chi connectivity index (χ3v) is 4.59. The van der Waals surface area contributed by atoms with Gasteiger partial charge in [0.05, 0.1) is 6.42 Å². The summed E-state index contributed by atoms with van der Waals surface area (Å²) in [4.78, 5) is 0. The van der Waals surface area contributed by atoms with Crippen LogP contribution in [0.2, 0.25) is 0 Å². The first kappa shape index (κ1) is 14.4. The number of rotatable bonds is 6. The van der Waals surface area contributed by atoms with Crippen molar-refractivity contribution in [3.05, 3.63) is 48.8 Å². The predicted molar refractivity (Wildman–Crippen MR) is 81.5 cm³/mol. The largest absolute Gasteiger partial charge is 0.239 e. The van der Waals surface area contributed by atoms with Gasteiger partial charge in [0.1, 0.15) is 0 Å². The summed E-state index contributed by atoms with van der Waals surface area (Å²) in [5, 5.41) is 2.65. The third-order valence-electron chi connectivity index (χ3n) is 3.01. The maximum Gasteiger partial charge on any atom is 0.239 e. The first-order valence-electron chi connectivity index (χ1n) is 6.40. The second-order valence-corrected chi connectivity index (χ2v) is 5.88. The highest BCUT2D eigenvalue weighted by molar-refractivity contribution is 7.98. The first-order valence-corrected chi connectivity index (χ1v) is 8.85. The van der Waals surface area contributed by atoms with E-state index in [9.17, 15) is 0 Å². The topological polar surface area (TPSA) is 7.76 Å². The Bertz CT molecular complexity index is 482. The van der Waals surface area contributed by atoms with Crippen LogP contribution in [0.5, 0.6) is 0 Å². The lowest BCUT2D eigenvalue weighted by molar-refractivity contribution is -0.761. The third kappa shape index (κ3) is 3.98. The van der Waals surface area contributed by atoms with Crippen LogP contribution in [0, 0.1) is 0 Å². The van der Waals surface area contributed by atoms with Crippen LogP contribution in [-0.4, -0.2) is 12.5 Å². The predicted octanol–water partition coefficient (Wildman–Crippen LogP) is 2.80. The van der Waals surface area contributed by atoms with E-state index in [1.54, 1.807) is 23.5 Å². The number of pyridine rings is 2. The molecule has 0 fully saturated rings. The fourth-order valence-corrected chi connectivity index (χ4v) is 3.28. The molecule has 0 unspecified atom stereocenters. The Balaban J connectivity index is 1.96. The van der Waals surface area contributed by atoms with E-state index in [1.807, 2.05) is 0 Å². The van der Waals surface area contributed by atoms with Crippen LogP contribution in [0.1, 0.15) is 6.42 Å². The Kier molecular flexibility index (Phi) is 5.73. The van der Waals surface area contributed by atoms with Crippen LogP contribution >= 0.6 is 23.5 Å². The molecule has 0 amide bonds. The SMILES string of the molecule is CSc1cccc[n+]1CCC[n+]1ccccc1SC. The van der Waals surface area contributed by atoms with Crippen molar-refractivity contribution in [1.82, 2.24) is 0 Å². The summed E-state index contributed by atoms with van der Waals surface area (Å²) >= 11 is 3.60. The summed E-state index contributed by atoms with van der Waals surface area (Å²) < 4.78 is 4.65. The van der Waals surface area contributed by atoms with E-state index in [4.69, 9.17) is 0 Å². The van der Waals surface area contributed by atoms with Gasteiger partial charge in [-0.2, -0.15) is 9.13 Å². The van der Waals surface area contributed by atoms with E-state index in [1.165, 1.54) is 10.1 Å². The van der Waals surface area contributed by atoms with Crippen molar-refractivity contribution in [1.29, 1.82) is 0 Å². The molecule has 0 spiro atoms. The van der Waals surface area contributed by atoms with E-state index < -0.39 is 0 Å². The minimum absolute atomic E-state index is 1.06. The average Bonchev–Trinajstić information content (AvgIpc) is 2.48. The van der Waals surface area contributed by atoms with Crippen molar-refractivity contribution in [3.8, 4) is 0 Å². The highest BCUT2D eigenvalue weighted by Gasteiger charge is 2.11. The van der Waals surface area contributed by atoms with Gasteiger partial charge in [0.2, 0.25) is 10.1 Å². The van der Waals surface area contributed by atoms with Gasteiger partial charge in [0.15, 0.2) is 25.5 Å². The summed E-state index contributed by atoms with van der Waals surface area (Å²) in [5.41, 5.74) is 0. The maximum absolute atomic E-state index is 2.33. The Morgan fingerprint density at radius 2 is 1.26 bits per heavy atom. The van der Waals surface area contributed by atoms with Gasteiger partial charge in [0.25, 0.3) is 0 Å². The molecule has 2 rings (SSSR count). The van der Waals surface area contributed by atoms with E-state index in [-0.39, 0.29) is 0 Å². The minimum Gasteiger partial charge on any atom is -0.193 e. The molecule has 0 aromatic carbocycles. The normalized spacial score (nSPS) is 10.6. The summed E-state index contributed by atoms with van der Waals surface area (Å²) in [6, 6.07) is 12.7. The zero-order valence-electron chi connectivity index (χ0n) is 11.5. The van der Waals surface area contributed by atoms with Crippen molar-refractivity contribution in [2.24, 2.45) is 0 Å². The quantitative estimate of drug-likeness (QED) is 0.597. The lowest BCUT2D eigenvalue weighted by Gasteiger charge is -2.02. The van der Waals surface area contributed by atoms with Gasteiger partial charge in [-0.05, 0) is 24.6 Å². The number of thioether (sulfide) groups is 2. The molecule has 2 aromatic rings. The fraction of sp³-hybridized carbons (Fsp3) is 0.333. The molecule has 0 aliphatic heterocycles. The molecule has 4 heteroatoms. The molecule has 2 aromatic heterocycles. The van der Waals surface area contributed by atoms with Gasteiger partial charge in [-0.1, -0.05) is 23.5 Å². The van der Waals surface area contributed by atoms with Crippen LogP contribution in [0.4, 0.5) is 0 Å². The molecular formula is C15H20N2S2+2. The minimum atomic E-state index is 1.06. The fourth-order valence-electron chi connectivity index (χ4n) is 2.07. The van der Waals surface area contributed by atoms with Gasteiger partial charge in [-0.3, -0.25) is 0 Å². The van der Waals surface area contributed by atoms with Crippen molar-refractivity contribution in [3.63, 3.8) is 0 Å². The molecule has 0 N–H and O–H groups in total. The zero-order valence-corrected chi connectivity index (χ0v) is 13.1. The Morgan fingerprint density at radius 1 is 0.789 bits per heavy atom. The number of aromatic nitrogens is 2. The van der Waals surface area contributed by atoms with E-state index in [0.29, 0.717) is 0 Å². The van der Waals surface area contributed by atoms with Crippen LogP contribution in [0.15, 0.2) is 58.8 Å². The van der Waals surface area contributed by atoms with E-state index >= 15 is 0 Å². The molecule has 2 nitrogen and oxygen atoms in total. The van der Waals surface area contributed by atoms with Crippen molar-refractivity contribution in [2.45, 2.75) is 29.6 Å². The molecular weight excluding hydrogens is 272 g/mol. The number of hydrogen-bond acceptors (Lipinski definition) is 2. The van der Waals surface area contributed by atoms with Gasteiger partial charge in [-0.15, -0.1) is 0 Å². The number of aryl methyl sites for hydroxylation is 2. The molecule has 0 radical (unpaired) electrons. The van der Waals surface area contributed by atoms with E-state index in [2.05, 4.69) is 70.4 Å². The monoisotopic (exact) mass is 292 g/mol. The maximum atomic E-state index is 2.33. The van der Waals surface area contributed by atoms with Crippen LogP contribution in [-0.2, 0) is 13.1 Å². The van der Waals surface area contributed by atoms with Gasteiger partial charge in [0, 0.05) is 24.3 Å². The van der Waals surface area contributed by atoms with E-state index in [0.717, 1.165) is 19.5 Å². The highest BCUT2D eigenvalue weighted by Crippen LogP contribution is 2.09. The summed E-state index contributed by atoms with van der Waals surface area (Å²) in [7, 11) is 0. The van der Waals surface area contributed by atoms with Gasteiger partial charge >= 0.3 is 0 Å². The average molecular weight is 292 g/mol. The molecule has 0 aliphatic carbocycles. The molecule has 0 saturated heterocycles. The molecule has 0 saturated carbocycles. The molecule has 0 atom stereocenters. The zero-order chi connectivity index (χ0) is 13.5. The smallest absolute Gasteiger partial charge is 0.193 e. The number of hydrogen-bond donors (Lipinski definition) is 0. The van der Waals surface area contributed by atoms with Gasteiger partial charge in [-0.25, -0.2) is 0 Å². The molecule has 19 heavy (non-hydrogen) atoms. The van der Waals surface area contributed by atoms with Gasteiger partial charge < -0.3 is 0 Å². The lowest BCUT2D eigenvalue weighted by atomic mass is 10.3. The second kappa shape index (κ2) is 7.56. The number of nitrogens with zero attached hydrogens (tertiary/aromatic N) is 2. The highest BCUT2D eigenvalue weighted by atomic mass is 32.2. The second-order valence-electron chi connectivity index (χ2n) is 4.23. The lowest BCUT2D eigenvalue weighted by Crippen LogP contribution is -2.41. The van der Waals surface area contributed by atoms with Crippen molar-refractivity contribution < 1.29 is 9.13 Å². The molecule has 2 heterocycles.